The molecule has 0 aromatic heterocycles. The van der Waals surface area contributed by atoms with Gasteiger partial charge in [-0.3, -0.25) is 4.99 Å². The molecule has 2 unspecified atom stereocenters. The Morgan fingerprint density at radius 1 is 1.30 bits per heavy atom. The van der Waals surface area contributed by atoms with Crippen LogP contribution in [0, 0.1) is 23.5 Å². The molecule has 2 saturated heterocycles. The van der Waals surface area contributed by atoms with Crippen LogP contribution in [0.4, 0.5) is 14.5 Å². The topological polar surface area (TPSA) is 40.1 Å². The van der Waals surface area contributed by atoms with Crippen LogP contribution in [-0.4, -0.2) is 63.8 Å². The van der Waals surface area contributed by atoms with Gasteiger partial charge >= 0.3 is 0 Å². The normalized spacial score (nSPS) is 23.1. The van der Waals surface area contributed by atoms with E-state index in [0.717, 1.165) is 70.4 Å². The maximum absolute atomic E-state index is 13.5. The van der Waals surface area contributed by atoms with Crippen LogP contribution in [0.5, 0.6) is 0 Å². The molecule has 1 aromatic rings. The number of hydrogen-bond donors (Lipinski definition) is 1. The van der Waals surface area contributed by atoms with Crippen LogP contribution in [0.25, 0.3) is 0 Å². The molecule has 1 aromatic carbocycles. The van der Waals surface area contributed by atoms with Gasteiger partial charge in [-0.25, -0.2) is 8.78 Å². The van der Waals surface area contributed by atoms with E-state index in [-0.39, 0.29) is 0 Å². The molecule has 0 radical (unpaired) electrons. The minimum atomic E-state index is -0.801. The van der Waals surface area contributed by atoms with Crippen molar-refractivity contribution in [2.45, 2.75) is 19.8 Å². The Balaban J connectivity index is 1.55. The first-order chi connectivity index (χ1) is 13.1. The van der Waals surface area contributed by atoms with Gasteiger partial charge in [0.15, 0.2) is 17.6 Å². The molecule has 0 amide bonds. The SMILES string of the molecule is CCNC(=NCC1CCN(c2ccc(F)c(F)c2)C1)N(C)CC1CCOC1. The Morgan fingerprint density at radius 3 is 2.85 bits per heavy atom. The second-order valence-electron chi connectivity index (χ2n) is 7.50. The second-order valence-corrected chi connectivity index (χ2v) is 7.50. The van der Waals surface area contributed by atoms with Gasteiger partial charge in [0.25, 0.3) is 0 Å². The first-order valence-corrected chi connectivity index (χ1v) is 9.84. The molecular weight excluding hydrogens is 350 g/mol. The van der Waals surface area contributed by atoms with E-state index < -0.39 is 11.6 Å². The predicted molar refractivity (Wildman–Crippen MR) is 104 cm³/mol. The standard InChI is InChI=1S/C20H30F2N4O/c1-3-23-20(25(2)12-16-7-9-27-14-16)24-11-15-6-8-26(13-15)17-4-5-18(21)19(22)10-17/h4-5,10,15-16H,3,6-9,11-14H2,1-2H3,(H,23,24). The summed E-state index contributed by atoms with van der Waals surface area (Å²) in [5.74, 6) is 0.311. The van der Waals surface area contributed by atoms with Gasteiger partial charge < -0.3 is 19.9 Å². The number of rotatable bonds is 6. The Bertz CT molecular complexity index is 649. The highest BCUT2D eigenvalue weighted by Crippen LogP contribution is 2.25. The molecule has 1 N–H and O–H groups in total. The fraction of sp³-hybridized carbons (Fsp3) is 0.650. The fourth-order valence-electron chi connectivity index (χ4n) is 3.78. The molecule has 27 heavy (non-hydrogen) atoms. The van der Waals surface area contributed by atoms with Crippen LogP contribution in [0.15, 0.2) is 23.2 Å². The minimum Gasteiger partial charge on any atom is -0.381 e. The lowest BCUT2D eigenvalue weighted by molar-refractivity contribution is 0.181. The number of ether oxygens (including phenoxy) is 1. The third-order valence-electron chi connectivity index (χ3n) is 5.31. The monoisotopic (exact) mass is 380 g/mol. The smallest absolute Gasteiger partial charge is 0.193 e. The Hall–Kier alpha value is -1.89. The first-order valence-electron chi connectivity index (χ1n) is 9.84. The van der Waals surface area contributed by atoms with E-state index in [9.17, 15) is 8.78 Å². The summed E-state index contributed by atoms with van der Waals surface area (Å²) < 4.78 is 32.1. The third-order valence-corrected chi connectivity index (χ3v) is 5.31. The maximum Gasteiger partial charge on any atom is 0.193 e. The van der Waals surface area contributed by atoms with E-state index in [2.05, 4.69) is 29.1 Å². The van der Waals surface area contributed by atoms with Gasteiger partial charge in [-0.15, -0.1) is 0 Å². The molecule has 2 atom stereocenters. The van der Waals surface area contributed by atoms with Gasteiger partial charge in [0, 0.05) is 64.0 Å². The molecule has 150 valence electrons. The second kappa shape index (κ2) is 9.35. The molecule has 0 saturated carbocycles. The molecule has 3 rings (SSSR count). The van der Waals surface area contributed by atoms with Gasteiger partial charge in [0.1, 0.15) is 0 Å². The van der Waals surface area contributed by atoms with Crippen molar-refractivity contribution in [1.29, 1.82) is 0 Å². The number of aliphatic imine (C=N–C) groups is 1. The lowest BCUT2D eigenvalue weighted by Gasteiger charge is -2.25. The summed E-state index contributed by atoms with van der Waals surface area (Å²) in [6.07, 6.45) is 2.11. The van der Waals surface area contributed by atoms with E-state index >= 15 is 0 Å². The van der Waals surface area contributed by atoms with E-state index in [1.54, 1.807) is 6.07 Å². The van der Waals surface area contributed by atoms with Crippen LogP contribution >= 0.6 is 0 Å². The Kier molecular flexibility index (Phi) is 6.88. The summed E-state index contributed by atoms with van der Waals surface area (Å²) in [4.78, 5) is 9.12. The molecule has 2 fully saturated rings. The van der Waals surface area contributed by atoms with E-state index in [4.69, 9.17) is 9.73 Å². The molecule has 2 heterocycles. The van der Waals surface area contributed by atoms with Gasteiger partial charge in [-0.1, -0.05) is 0 Å². The average Bonchev–Trinajstić information content (AvgIpc) is 3.33. The number of halogens is 2. The fourth-order valence-corrected chi connectivity index (χ4v) is 3.78. The first kappa shape index (κ1) is 19.9. The molecule has 2 aliphatic heterocycles. The van der Waals surface area contributed by atoms with Crippen molar-refractivity contribution < 1.29 is 13.5 Å². The maximum atomic E-state index is 13.5. The van der Waals surface area contributed by atoms with Crippen molar-refractivity contribution in [3.8, 4) is 0 Å². The molecular formula is C20H30F2N4O. The number of anilines is 1. The molecule has 2 aliphatic rings. The number of hydrogen-bond acceptors (Lipinski definition) is 3. The molecule has 0 bridgehead atoms. The lowest BCUT2D eigenvalue weighted by Crippen LogP contribution is -2.41. The van der Waals surface area contributed by atoms with Gasteiger partial charge in [-0.2, -0.15) is 0 Å². The van der Waals surface area contributed by atoms with E-state index in [0.29, 0.717) is 11.8 Å². The largest absolute Gasteiger partial charge is 0.381 e. The van der Waals surface area contributed by atoms with Crippen molar-refractivity contribution in [2.75, 3.05) is 57.9 Å². The van der Waals surface area contributed by atoms with Gasteiger partial charge in [-0.05, 0) is 37.8 Å². The van der Waals surface area contributed by atoms with Gasteiger partial charge in [0.2, 0.25) is 0 Å². The molecule has 0 aliphatic carbocycles. The summed E-state index contributed by atoms with van der Waals surface area (Å²) >= 11 is 0. The lowest BCUT2D eigenvalue weighted by atomic mass is 10.1. The summed E-state index contributed by atoms with van der Waals surface area (Å²) in [5.41, 5.74) is 0.741. The highest BCUT2D eigenvalue weighted by atomic mass is 19.2. The minimum absolute atomic E-state index is 0.412. The Morgan fingerprint density at radius 2 is 2.15 bits per heavy atom. The summed E-state index contributed by atoms with van der Waals surface area (Å²) in [6.45, 7) is 7.92. The highest BCUT2D eigenvalue weighted by molar-refractivity contribution is 5.79. The molecule has 5 nitrogen and oxygen atoms in total. The van der Waals surface area contributed by atoms with E-state index in [1.807, 2.05) is 0 Å². The number of benzene rings is 1. The van der Waals surface area contributed by atoms with Crippen molar-refractivity contribution in [3.63, 3.8) is 0 Å². The highest BCUT2D eigenvalue weighted by Gasteiger charge is 2.24. The quantitative estimate of drug-likeness (QED) is 0.609. The summed E-state index contributed by atoms with van der Waals surface area (Å²) in [6, 6.07) is 4.12. The van der Waals surface area contributed by atoms with Crippen LogP contribution in [0.1, 0.15) is 19.8 Å². The summed E-state index contributed by atoms with van der Waals surface area (Å²) in [5, 5.41) is 3.37. The van der Waals surface area contributed by atoms with Gasteiger partial charge in [0.05, 0.1) is 6.61 Å². The number of nitrogens with one attached hydrogen (secondary N) is 1. The van der Waals surface area contributed by atoms with Crippen LogP contribution in [-0.2, 0) is 4.74 Å². The third kappa shape index (κ3) is 5.31. The Labute approximate surface area is 160 Å². The van der Waals surface area contributed by atoms with Crippen LogP contribution in [0.2, 0.25) is 0 Å². The van der Waals surface area contributed by atoms with Crippen molar-refractivity contribution in [2.24, 2.45) is 16.8 Å². The molecule has 0 spiro atoms. The average molecular weight is 380 g/mol. The number of nitrogens with zero attached hydrogens (tertiary/aromatic N) is 3. The van der Waals surface area contributed by atoms with Crippen LogP contribution < -0.4 is 10.2 Å². The van der Waals surface area contributed by atoms with Crippen molar-refractivity contribution in [3.05, 3.63) is 29.8 Å². The molecule has 7 heteroatoms. The van der Waals surface area contributed by atoms with Crippen LogP contribution in [0.3, 0.4) is 0 Å². The predicted octanol–water partition coefficient (Wildman–Crippen LogP) is 2.72. The zero-order valence-electron chi connectivity index (χ0n) is 16.3. The number of guanidine groups is 1. The zero-order valence-corrected chi connectivity index (χ0v) is 16.3. The van der Waals surface area contributed by atoms with Crippen molar-refractivity contribution in [1.82, 2.24) is 10.2 Å². The van der Waals surface area contributed by atoms with E-state index in [1.165, 1.54) is 12.1 Å². The summed E-state index contributed by atoms with van der Waals surface area (Å²) in [7, 11) is 2.07. The zero-order chi connectivity index (χ0) is 19.2. The van der Waals surface area contributed by atoms with Crippen molar-refractivity contribution >= 4 is 11.6 Å².